The van der Waals surface area contributed by atoms with Crippen LogP contribution in [0.3, 0.4) is 0 Å². The van der Waals surface area contributed by atoms with Crippen molar-refractivity contribution >= 4 is 46.6 Å². The average molecular weight is 414 g/mol. The van der Waals surface area contributed by atoms with Crippen molar-refractivity contribution in [1.29, 1.82) is 0 Å². The minimum atomic E-state index is -2.79. The highest BCUT2D eigenvalue weighted by Crippen LogP contribution is 2.27. The molecular formula is C17H10F4N2O2S2. The molecule has 0 N–H and O–H groups in total. The Bertz CT molecular complexity index is 1170. The van der Waals surface area contributed by atoms with Crippen LogP contribution in [0.5, 0.6) is 0 Å². The Balaban J connectivity index is 1.71. The van der Waals surface area contributed by atoms with Crippen LogP contribution in [0.4, 0.5) is 17.6 Å². The van der Waals surface area contributed by atoms with Crippen molar-refractivity contribution in [2.45, 2.75) is 19.5 Å². The lowest BCUT2D eigenvalue weighted by atomic mass is 10.0. The van der Waals surface area contributed by atoms with E-state index < -0.39 is 13.1 Å². The van der Waals surface area contributed by atoms with Crippen molar-refractivity contribution in [3.05, 3.63) is 57.2 Å². The molecule has 0 aliphatic carbocycles. The summed E-state index contributed by atoms with van der Waals surface area (Å²) in [6.07, 6.45) is 0.413. The Kier molecular flexibility index (Phi) is 4.39. The minimum Gasteiger partial charge on any atom is -0.429 e. The first-order chi connectivity index (χ1) is 12.8. The molecule has 0 fully saturated rings. The third-order valence-electron chi connectivity index (χ3n) is 4.15. The molecular weight excluding hydrogens is 404 g/mol. The second kappa shape index (κ2) is 6.61. The van der Waals surface area contributed by atoms with Crippen molar-refractivity contribution < 1.29 is 26.4 Å². The maximum Gasteiger partial charge on any atom is 0.322 e. The van der Waals surface area contributed by atoms with Crippen molar-refractivity contribution in [3.8, 4) is 0 Å². The Morgan fingerprint density at radius 3 is 1.52 bits per heavy atom. The van der Waals surface area contributed by atoms with E-state index in [0.717, 1.165) is 11.1 Å². The van der Waals surface area contributed by atoms with Gasteiger partial charge in [-0.3, -0.25) is 0 Å². The Labute approximate surface area is 159 Å². The topological polar surface area (TPSA) is 36.1 Å². The minimum absolute atomic E-state index is 0.203. The second-order valence-corrected chi connectivity index (χ2v) is 6.51. The molecule has 0 amide bonds. The summed E-state index contributed by atoms with van der Waals surface area (Å²) in [5, 5.41) is 0. The van der Waals surface area contributed by atoms with Crippen LogP contribution in [0, 0.1) is 9.67 Å². The number of aromatic nitrogens is 2. The zero-order chi connectivity index (χ0) is 19.3. The van der Waals surface area contributed by atoms with Crippen LogP contribution in [0.15, 0.2) is 45.2 Å². The van der Waals surface area contributed by atoms with Gasteiger partial charge in [0.1, 0.15) is 0 Å². The summed E-state index contributed by atoms with van der Waals surface area (Å²) in [5.74, 6) is 0. The van der Waals surface area contributed by atoms with E-state index in [1.165, 1.54) is 12.1 Å². The first kappa shape index (κ1) is 17.9. The van der Waals surface area contributed by atoms with E-state index in [-0.39, 0.29) is 31.9 Å². The van der Waals surface area contributed by atoms with Crippen molar-refractivity contribution in [2.75, 3.05) is 0 Å². The van der Waals surface area contributed by atoms with Gasteiger partial charge in [0.25, 0.3) is 9.67 Å². The van der Waals surface area contributed by atoms with Gasteiger partial charge in [0.15, 0.2) is 11.2 Å². The first-order valence-corrected chi connectivity index (χ1v) is 8.51. The first-order valence-electron chi connectivity index (χ1n) is 7.69. The molecule has 0 atom stereocenters. The van der Waals surface area contributed by atoms with Crippen LogP contribution in [-0.2, 0) is 6.42 Å². The summed E-state index contributed by atoms with van der Waals surface area (Å²) < 4.78 is 63.9. The maximum atomic E-state index is 13.0. The zero-order valence-electron chi connectivity index (χ0n) is 13.4. The lowest BCUT2D eigenvalue weighted by Crippen LogP contribution is -1.97. The Morgan fingerprint density at radius 2 is 1.15 bits per heavy atom. The average Bonchev–Trinajstić information content (AvgIpc) is 3.08. The number of oxazole rings is 2. The highest BCUT2D eigenvalue weighted by atomic mass is 32.1. The molecule has 4 rings (SSSR count). The summed E-state index contributed by atoms with van der Waals surface area (Å²) >= 11 is 9.64. The lowest BCUT2D eigenvalue weighted by molar-refractivity contribution is 0.0691. The van der Waals surface area contributed by atoms with E-state index >= 15 is 0 Å². The molecule has 10 heteroatoms. The van der Waals surface area contributed by atoms with Crippen LogP contribution in [-0.4, -0.2) is 9.13 Å². The van der Waals surface area contributed by atoms with Gasteiger partial charge in [-0.1, -0.05) is 12.1 Å². The molecule has 0 radical (unpaired) electrons. The lowest BCUT2D eigenvalue weighted by Gasteiger charge is -2.04. The highest BCUT2D eigenvalue weighted by molar-refractivity contribution is 7.71. The number of halogens is 4. The normalized spacial score (nSPS) is 12.1. The number of hydrogen-bond donors (Lipinski definition) is 0. The molecule has 0 aliphatic heterocycles. The SMILES string of the molecule is FC(F)n1c(=S)oc2cc(Cc3ccc4c(c3)oc(=S)n4C(F)F)ccc21. The summed E-state index contributed by atoms with van der Waals surface area (Å²) in [7, 11) is 0. The number of hydrogen-bond acceptors (Lipinski definition) is 4. The van der Waals surface area contributed by atoms with E-state index in [1.807, 2.05) is 0 Å². The quantitative estimate of drug-likeness (QED) is 0.278. The number of benzene rings is 2. The van der Waals surface area contributed by atoms with Gasteiger partial charge in [-0.25, -0.2) is 9.13 Å². The molecule has 0 saturated carbocycles. The highest BCUT2D eigenvalue weighted by Gasteiger charge is 2.16. The number of nitrogens with zero attached hydrogens (tertiary/aromatic N) is 2. The fourth-order valence-electron chi connectivity index (χ4n) is 2.99. The molecule has 4 aromatic rings. The van der Waals surface area contributed by atoms with E-state index in [4.69, 9.17) is 33.3 Å². The van der Waals surface area contributed by atoms with Gasteiger partial charge < -0.3 is 8.83 Å². The van der Waals surface area contributed by atoms with Gasteiger partial charge in [0, 0.05) is 0 Å². The summed E-state index contributed by atoms with van der Waals surface area (Å²) in [5.41, 5.74) is 2.46. The molecule has 2 aromatic heterocycles. The van der Waals surface area contributed by atoms with Gasteiger partial charge in [-0.05, 0) is 66.2 Å². The molecule has 0 unspecified atom stereocenters. The van der Waals surface area contributed by atoms with Gasteiger partial charge in [-0.15, -0.1) is 0 Å². The molecule has 27 heavy (non-hydrogen) atoms. The van der Waals surface area contributed by atoms with Crippen LogP contribution >= 0.6 is 24.4 Å². The van der Waals surface area contributed by atoms with E-state index in [1.54, 1.807) is 24.3 Å². The van der Waals surface area contributed by atoms with E-state index in [2.05, 4.69) is 0 Å². The summed E-state index contributed by atoms with van der Waals surface area (Å²) in [4.78, 5) is -0.604. The predicted octanol–water partition coefficient (Wildman–Crippen LogP) is 6.62. The number of fused-ring (bicyclic) bond motifs is 2. The monoisotopic (exact) mass is 414 g/mol. The maximum absolute atomic E-state index is 13.0. The van der Waals surface area contributed by atoms with Crippen molar-refractivity contribution in [3.63, 3.8) is 0 Å². The molecule has 0 bridgehead atoms. The van der Waals surface area contributed by atoms with Crippen LogP contribution in [0.25, 0.3) is 22.2 Å². The van der Waals surface area contributed by atoms with Gasteiger partial charge >= 0.3 is 13.1 Å². The fraction of sp³-hybridized carbons (Fsp3) is 0.176. The van der Waals surface area contributed by atoms with Crippen LogP contribution in [0.2, 0.25) is 0 Å². The predicted molar refractivity (Wildman–Crippen MR) is 95.4 cm³/mol. The number of alkyl halides is 4. The largest absolute Gasteiger partial charge is 0.429 e. The molecule has 2 aromatic carbocycles. The Morgan fingerprint density at radius 1 is 0.741 bits per heavy atom. The van der Waals surface area contributed by atoms with Gasteiger partial charge in [0.2, 0.25) is 0 Å². The van der Waals surface area contributed by atoms with Gasteiger partial charge in [-0.2, -0.15) is 17.6 Å². The molecule has 0 saturated heterocycles. The zero-order valence-corrected chi connectivity index (χ0v) is 15.0. The summed E-state index contributed by atoms with van der Waals surface area (Å²) in [6.45, 7) is -5.58. The Hall–Kier alpha value is -2.46. The molecule has 2 heterocycles. The molecule has 140 valence electrons. The third-order valence-corrected chi connectivity index (χ3v) is 4.71. The third kappa shape index (κ3) is 3.08. The summed E-state index contributed by atoms with van der Waals surface area (Å²) in [6, 6.07) is 9.61. The second-order valence-electron chi connectivity index (χ2n) is 5.81. The molecule has 0 spiro atoms. The molecule has 0 aliphatic rings. The smallest absolute Gasteiger partial charge is 0.322 e. The van der Waals surface area contributed by atoms with E-state index in [9.17, 15) is 17.6 Å². The van der Waals surface area contributed by atoms with E-state index in [0.29, 0.717) is 15.6 Å². The van der Waals surface area contributed by atoms with Gasteiger partial charge in [0.05, 0.1) is 11.0 Å². The fourth-order valence-corrected chi connectivity index (χ4v) is 3.52. The van der Waals surface area contributed by atoms with Crippen molar-refractivity contribution in [2.24, 2.45) is 0 Å². The van der Waals surface area contributed by atoms with Crippen molar-refractivity contribution in [1.82, 2.24) is 9.13 Å². The standard InChI is InChI=1S/C17H10F4N2O2S2/c18-14(19)22-10-3-1-8(6-12(10)24-16(22)26)5-9-2-4-11-13(7-9)25-17(27)23(11)15(20)21/h1-4,6-7,14-15H,5H2. The van der Waals surface area contributed by atoms with Crippen LogP contribution < -0.4 is 0 Å². The molecule has 4 nitrogen and oxygen atoms in total. The van der Waals surface area contributed by atoms with Crippen LogP contribution in [0.1, 0.15) is 24.2 Å². The number of rotatable bonds is 4.